The van der Waals surface area contributed by atoms with Crippen molar-refractivity contribution in [2.75, 3.05) is 13.7 Å². The van der Waals surface area contributed by atoms with Crippen molar-refractivity contribution in [2.45, 2.75) is 38.3 Å². The lowest BCUT2D eigenvalue weighted by Crippen LogP contribution is -2.47. The summed E-state index contributed by atoms with van der Waals surface area (Å²) >= 11 is 0. The van der Waals surface area contributed by atoms with Gasteiger partial charge in [-0.1, -0.05) is 0 Å². The van der Waals surface area contributed by atoms with E-state index >= 15 is 0 Å². The first-order chi connectivity index (χ1) is 7.26. The molecule has 0 aromatic carbocycles. The summed E-state index contributed by atoms with van der Waals surface area (Å²) in [5, 5.41) is 3.41. The molecule has 1 aromatic heterocycles. The molecule has 0 radical (unpaired) electrons. The highest BCUT2D eigenvalue weighted by atomic mass is 16.5. The van der Waals surface area contributed by atoms with Gasteiger partial charge < -0.3 is 15.0 Å². The largest absolute Gasteiger partial charge is 0.377 e. The number of aryl methyl sites for hydroxylation is 1. The highest BCUT2D eigenvalue weighted by Gasteiger charge is 2.36. The van der Waals surface area contributed by atoms with E-state index in [-0.39, 0.29) is 5.60 Å². The summed E-state index contributed by atoms with van der Waals surface area (Å²) in [6, 6.07) is 0. The lowest BCUT2D eigenvalue weighted by Gasteiger charge is -2.40. The van der Waals surface area contributed by atoms with Crippen LogP contribution in [0, 0.1) is 6.92 Å². The van der Waals surface area contributed by atoms with Crippen LogP contribution in [0.1, 0.15) is 30.7 Å². The van der Waals surface area contributed by atoms with Gasteiger partial charge in [0.1, 0.15) is 0 Å². The number of imidazole rings is 1. The van der Waals surface area contributed by atoms with E-state index in [1.165, 1.54) is 19.3 Å². The molecular formula is C11H19N3O. The Labute approximate surface area is 90.4 Å². The fraction of sp³-hybridized carbons (Fsp3) is 0.727. The molecule has 0 atom stereocenters. The molecule has 15 heavy (non-hydrogen) atoms. The van der Waals surface area contributed by atoms with Crippen molar-refractivity contribution in [1.82, 2.24) is 15.3 Å². The lowest BCUT2D eigenvalue weighted by molar-refractivity contribution is -0.0695. The average molecular weight is 209 g/mol. The zero-order chi connectivity index (χ0) is 10.7. The molecule has 0 bridgehead atoms. The predicted octanol–water partition coefficient (Wildman–Crippen LogP) is 1.38. The van der Waals surface area contributed by atoms with Crippen LogP contribution in [-0.2, 0) is 11.3 Å². The van der Waals surface area contributed by atoms with Gasteiger partial charge >= 0.3 is 0 Å². The van der Waals surface area contributed by atoms with E-state index in [4.69, 9.17) is 4.74 Å². The van der Waals surface area contributed by atoms with E-state index in [1.54, 1.807) is 13.4 Å². The fourth-order valence-electron chi connectivity index (χ4n) is 2.00. The van der Waals surface area contributed by atoms with Crippen molar-refractivity contribution in [3.8, 4) is 0 Å². The molecule has 1 aliphatic carbocycles. The summed E-state index contributed by atoms with van der Waals surface area (Å²) in [6.07, 6.45) is 5.38. The minimum absolute atomic E-state index is 0.101. The summed E-state index contributed by atoms with van der Waals surface area (Å²) in [5.41, 5.74) is 2.34. The smallest absolute Gasteiger partial charge is 0.0925 e. The summed E-state index contributed by atoms with van der Waals surface area (Å²) in [7, 11) is 1.81. The van der Waals surface area contributed by atoms with Gasteiger partial charge in [-0.05, 0) is 26.2 Å². The molecule has 84 valence electrons. The molecule has 0 saturated heterocycles. The fourth-order valence-corrected chi connectivity index (χ4v) is 2.00. The molecule has 2 N–H and O–H groups in total. The third kappa shape index (κ3) is 2.21. The molecule has 2 rings (SSSR count). The Hall–Kier alpha value is -0.870. The maximum absolute atomic E-state index is 5.53. The van der Waals surface area contributed by atoms with Gasteiger partial charge in [0.15, 0.2) is 0 Å². The van der Waals surface area contributed by atoms with Gasteiger partial charge in [0.25, 0.3) is 0 Å². The van der Waals surface area contributed by atoms with E-state index in [2.05, 4.69) is 15.3 Å². The third-order valence-corrected chi connectivity index (χ3v) is 3.37. The van der Waals surface area contributed by atoms with Crippen LogP contribution < -0.4 is 5.32 Å². The Morgan fingerprint density at radius 2 is 2.40 bits per heavy atom. The SMILES string of the molecule is COC1(CNCc2nc[nH]c2C)CCC1. The van der Waals surface area contributed by atoms with Gasteiger partial charge in [-0.25, -0.2) is 4.98 Å². The maximum Gasteiger partial charge on any atom is 0.0925 e. The number of ether oxygens (including phenoxy) is 1. The Kier molecular flexibility index (Phi) is 3.07. The summed E-state index contributed by atoms with van der Waals surface area (Å²) < 4.78 is 5.53. The zero-order valence-electron chi connectivity index (χ0n) is 9.47. The van der Waals surface area contributed by atoms with Crippen LogP contribution >= 0.6 is 0 Å². The normalized spacial score (nSPS) is 18.8. The van der Waals surface area contributed by atoms with E-state index in [0.717, 1.165) is 24.5 Å². The van der Waals surface area contributed by atoms with Crippen molar-refractivity contribution in [1.29, 1.82) is 0 Å². The van der Waals surface area contributed by atoms with Gasteiger partial charge in [-0.3, -0.25) is 0 Å². The van der Waals surface area contributed by atoms with Crippen LogP contribution in [0.4, 0.5) is 0 Å². The first-order valence-electron chi connectivity index (χ1n) is 5.50. The number of methoxy groups -OCH3 is 1. The molecule has 1 aliphatic rings. The van der Waals surface area contributed by atoms with E-state index in [0.29, 0.717) is 0 Å². The molecule has 1 saturated carbocycles. The highest BCUT2D eigenvalue weighted by Crippen LogP contribution is 2.34. The second-order valence-corrected chi connectivity index (χ2v) is 4.32. The molecule has 4 heteroatoms. The van der Waals surface area contributed by atoms with Crippen molar-refractivity contribution < 1.29 is 4.74 Å². The molecular weight excluding hydrogens is 190 g/mol. The Balaban J connectivity index is 1.77. The monoisotopic (exact) mass is 209 g/mol. The minimum atomic E-state index is 0.101. The second-order valence-electron chi connectivity index (χ2n) is 4.32. The Morgan fingerprint density at radius 3 is 2.87 bits per heavy atom. The van der Waals surface area contributed by atoms with Crippen LogP contribution in [0.25, 0.3) is 0 Å². The van der Waals surface area contributed by atoms with E-state index < -0.39 is 0 Å². The highest BCUT2D eigenvalue weighted by molar-refractivity contribution is 5.08. The number of nitrogens with zero attached hydrogens (tertiary/aromatic N) is 1. The molecule has 1 heterocycles. The summed E-state index contributed by atoms with van der Waals surface area (Å²) in [4.78, 5) is 7.32. The van der Waals surface area contributed by atoms with Crippen molar-refractivity contribution in [3.63, 3.8) is 0 Å². The topological polar surface area (TPSA) is 49.9 Å². The maximum atomic E-state index is 5.53. The van der Waals surface area contributed by atoms with Crippen molar-refractivity contribution >= 4 is 0 Å². The van der Waals surface area contributed by atoms with Gasteiger partial charge in [-0.2, -0.15) is 0 Å². The Morgan fingerprint density at radius 1 is 1.60 bits per heavy atom. The number of aromatic nitrogens is 2. The van der Waals surface area contributed by atoms with Gasteiger partial charge in [-0.15, -0.1) is 0 Å². The quantitative estimate of drug-likeness (QED) is 0.770. The molecule has 1 fully saturated rings. The van der Waals surface area contributed by atoms with Crippen LogP contribution in [0.15, 0.2) is 6.33 Å². The van der Waals surface area contributed by atoms with Crippen molar-refractivity contribution in [2.24, 2.45) is 0 Å². The number of nitrogens with one attached hydrogen (secondary N) is 2. The number of hydrogen-bond acceptors (Lipinski definition) is 3. The van der Waals surface area contributed by atoms with Gasteiger partial charge in [0, 0.05) is 25.9 Å². The van der Waals surface area contributed by atoms with Crippen LogP contribution in [0.5, 0.6) is 0 Å². The predicted molar refractivity (Wildman–Crippen MR) is 58.6 cm³/mol. The van der Waals surface area contributed by atoms with Crippen molar-refractivity contribution in [3.05, 3.63) is 17.7 Å². The lowest BCUT2D eigenvalue weighted by atomic mass is 9.80. The molecule has 0 aliphatic heterocycles. The van der Waals surface area contributed by atoms with Gasteiger partial charge in [0.05, 0.1) is 17.6 Å². The number of H-pyrrole nitrogens is 1. The summed E-state index contributed by atoms with van der Waals surface area (Å²) in [5.74, 6) is 0. The standard InChI is InChI=1S/C11H19N3O/c1-9-10(14-8-13-9)6-12-7-11(15-2)4-3-5-11/h8,12H,3-7H2,1-2H3,(H,13,14). The first kappa shape index (κ1) is 10.6. The van der Waals surface area contributed by atoms with E-state index in [1.807, 2.05) is 6.92 Å². The molecule has 0 unspecified atom stereocenters. The molecule has 1 aromatic rings. The number of rotatable bonds is 5. The number of hydrogen-bond donors (Lipinski definition) is 2. The first-order valence-corrected chi connectivity index (χ1v) is 5.50. The molecule has 0 spiro atoms. The van der Waals surface area contributed by atoms with Gasteiger partial charge in [0.2, 0.25) is 0 Å². The van der Waals surface area contributed by atoms with Crippen LogP contribution in [0.2, 0.25) is 0 Å². The minimum Gasteiger partial charge on any atom is -0.377 e. The molecule has 4 nitrogen and oxygen atoms in total. The summed E-state index contributed by atoms with van der Waals surface area (Å²) in [6.45, 7) is 3.79. The van der Waals surface area contributed by atoms with Crippen LogP contribution in [-0.4, -0.2) is 29.2 Å². The number of aromatic amines is 1. The Bertz CT molecular complexity index is 312. The second kappa shape index (κ2) is 4.33. The van der Waals surface area contributed by atoms with Crippen LogP contribution in [0.3, 0.4) is 0 Å². The van der Waals surface area contributed by atoms with E-state index in [9.17, 15) is 0 Å². The average Bonchev–Trinajstić information content (AvgIpc) is 2.57. The molecule has 0 amide bonds. The third-order valence-electron chi connectivity index (χ3n) is 3.37. The zero-order valence-corrected chi connectivity index (χ0v) is 9.47.